The van der Waals surface area contributed by atoms with E-state index in [1.807, 2.05) is 29.2 Å². The van der Waals surface area contributed by atoms with Gasteiger partial charge in [-0.25, -0.2) is 0 Å². The fraction of sp³-hybridized carbons (Fsp3) is 0.609. The number of rotatable bonds is 6. The summed E-state index contributed by atoms with van der Waals surface area (Å²) in [4.78, 5) is 14.9. The first kappa shape index (κ1) is 21.2. The number of hydrogen-bond acceptors (Lipinski definition) is 5. The van der Waals surface area contributed by atoms with Crippen LogP contribution in [0.1, 0.15) is 64.3 Å². The predicted octanol–water partition coefficient (Wildman–Crippen LogP) is 4.95. The molecule has 2 heterocycles. The van der Waals surface area contributed by atoms with Crippen LogP contribution in [0.2, 0.25) is 0 Å². The summed E-state index contributed by atoms with van der Waals surface area (Å²) < 4.78 is 7.86. The highest BCUT2D eigenvalue weighted by Crippen LogP contribution is 2.38. The van der Waals surface area contributed by atoms with Crippen LogP contribution >= 0.6 is 11.8 Å². The Morgan fingerprint density at radius 1 is 1.10 bits per heavy atom. The molecule has 1 saturated heterocycles. The molecule has 1 saturated carbocycles. The number of ether oxygens (including phenoxy) is 1. The highest BCUT2D eigenvalue weighted by atomic mass is 32.2. The molecule has 2 aromatic rings. The van der Waals surface area contributed by atoms with Crippen LogP contribution < -0.4 is 4.74 Å². The fourth-order valence-electron chi connectivity index (χ4n) is 4.73. The molecule has 1 aromatic heterocycles. The number of para-hydroxylation sites is 1. The van der Waals surface area contributed by atoms with Gasteiger partial charge >= 0.3 is 0 Å². The van der Waals surface area contributed by atoms with Crippen LogP contribution in [-0.2, 0) is 4.79 Å². The van der Waals surface area contributed by atoms with E-state index >= 15 is 0 Å². The van der Waals surface area contributed by atoms with E-state index in [2.05, 4.69) is 21.7 Å². The van der Waals surface area contributed by atoms with Crippen molar-refractivity contribution in [2.24, 2.45) is 0 Å². The number of thioether (sulfide) groups is 1. The second-order valence-corrected chi connectivity index (χ2v) is 9.33. The summed E-state index contributed by atoms with van der Waals surface area (Å²) in [5, 5.41) is 9.94. The Labute approximate surface area is 183 Å². The third-order valence-electron chi connectivity index (χ3n) is 6.40. The summed E-state index contributed by atoms with van der Waals surface area (Å²) in [7, 11) is 1.69. The van der Waals surface area contributed by atoms with Crippen LogP contribution in [0.3, 0.4) is 0 Å². The van der Waals surface area contributed by atoms with Gasteiger partial charge in [-0.05, 0) is 51.2 Å². The molecule has 4 rings (SSSR count). The molecule has 1 amide bonds. The zero-order valence-electron chi connectivity index (χ0n) is 18.0. The molecule has 7 heteroatoms. The molecular weight excluding hydrogens is 396 g/mol. The molecule has 1 aromatic carbocycles. The number of carbonyl (C=O) groups excluding carboxylic acids is 1. The van der Waals surface area contributed by atoms with Crippen molar-refractivity contribution in [3.05, 3.63) is 24.3 Å². The topological polar surface area (TPSA) is 60.3 Å². The van der Waals surface area contributed by atoms with Crippen LogP contribution in [0.5, 0.6) is 5.75 Å². The number of amides is 1. The van der Waals surface area contributed by atoms with Crippen LogP contribution in [0.15, 0.2) is 29.4 Å². The van der Waals surface area contributed by atoms with E-state index in [1.54, 1.807) is 7.11 Å². The third kappa shape index (κ3) is 4.51. The second kappa shape index (κ2) is 9.86. The van der Waals surface area contributed by atoms with E-state index in [4.69, 9.17) is 4.74 Å². The monoisotopic (exact) mass is 428 g/mol. The molecule has 0 bridgehead atoms. The van der Waals surface area contributed by atoms with Gasteiger partial charge in [-0.1, -0.05) is 43.2 Å². The van der Waals surface area contributed by atoms with Gasteiger partial charge in [0.2, 0.25) is 5.91 Å². The zero-order chi connectivity index (χ0) is 20.9. The smallest absolute Gasteiger partial charge is 0.233 e. The Kier molecular flexibility index (Phi) is 6.97. The predicted molar refractivity (Wildman–Crippen MR) is 120 cm³/mol. The lowest BCUT2D eigenvalue weighted by molar-refractivity contribution is -0.131. The second-order valence-electron chi connectivity index (χ2n) is 8.39. The number of aromatic nitrogens is 3. The molecule has 6 nitrogen and oxygen atoms in total. The molecule has 2 fully saturated rings. The van der Waals surface area contributed by atoms with E-state index in [0.717, 1.165) is 54.5 Å². The van der Waals surface area contributed by atoms with Crippen molar-refractivity contribution < 1.29 is 9.53 Å². The number of benzene rings is 1. The highest BCUT2D eigenvalue weighted by molar-refractivity contribution is 7.99. The van der Waals surface area contributed by atoms with Gasteiger partial charge in [0.25, 0.3) is 0 Å². The fourth-order valence-corrected chi connectivity index (χ4v) is 5.63. The van der Waals surface area contributed by atoms with E-state index in [9.17, 15) is 4.79 Å². The summed E-state index contributed by atoms with van der Waals surface area (Å²) >= 11 is 1.53. The van der Waals surface area contributed by atoms with Gasteiger partial charge in [-0.2, -0.15) is 0 Å². The first-order valence-corrected chi connectivity index (χ1v) is 12.2. The van der Waals surface area contributed by atoms with E-state index in [0.29, 0.717) is 17.8 Å². The van der Waals surface area contributed by atoms with Gasteiger partial charge in [0.05, 0.1) is 18.4 Å². The molecule has 0 unspecified atom stereocenters. The average molecular weight is 429 g/mol. The standard InChI is InChI=1S/C23H32N4O2S/c1-17-10-8-9-15-26(17)21(28)16-30-23-25-24-22(19-13-6-7-14-20(19)29-2)27(23)18-11-4-3-5-12-18/h6-7,13-14,17-18H,3-5,8-12,15-16H2,1-2H3/t17-/m0/s1. The van der Waals surface area contributed by atoms with Crippen LogP contribution in [0.25, 0.3) is 11.4 Å². The minimum absolute atomic E-state index is 0.212. The molecule has 0 N–H and O–H groups in total. The lowest BCUT2D eigenvalue weighted by Crippen LogP contribution is -2.43. The zero-order valence-corrected chi connectivity index (χ0v) is 18.9. The van der Waals surface area contributed by atoms with Crippen molar-refractivity contribution in [2.75, 3.05) is 19.4 Å². The van der Waals surface area contributed by atoms with Crippen molar-refractivity contribution >= 4 is 17.7 Å². The van der Waals surface area contributed by atoms with Crippen LogP contribution in [-0.4, -0.2) is 51.0 Å². The largest absolute Gasteiger partial charge is 0.496 e. The molecular formula is C23H32N4O2S. The van der Waals surface area contributed by atoms with Gasteiger partial charge in [0, 0.05) is 18.6 Å². The minimum Gasteiger partial charge on any atom is -0.496 e. The molecule has 0 radical (unpaired) electrons. The van der Waals surface area contributed by atoms with Crippen molar-refractivity contribution in [1.82, 2.24) is 19.7 Å². The summed E-state index contributed by atoms with van der Waals surface area (Å²) in [5.74, 6) is 2.28. The Morgan fingerprint density at radius 3 is 2.63 bits per heavy atom. The first-order chi connectivity index (χ1) is 14.7. The minimum atomic E-state index is 0.212. The Morgan fingerprint density at radius 2 is 1.87 bits per heavy atom. The molecule has 0 spiro atoms. The van der Waals surface area contributed by atoms with E-state index in [-0.39, 0.29) is 5.91 Å². The maximum atomic E-state index is 12.9. The summed E-state index contributed by atoms with van der Waals surface area (Å²) in [6, 6.07) is 8.69. The van der Waals surface area contributed by atoms with Crippen molar-refractivity contribution in [3.63, 3.8) is 0 Å². The normalized spacial score (nSPS) is 20.3. The average Bonchev–Trinajstić information content (AvgIpc) is 3.22. The lowest BCUT2D eigenvalue weighted by atomic mass is 9.95. The van der Waals surface area contributed by atoms with Crippen molar-refractivity contribution in [1.29, 1.82) is 0 Å². The quantitative estimate of drug-likeness (QED) is 0.609. The molecule has 1 atom stereocenters. The number of piperidine rings is 1. The Bertz CT molecular complexity index is 863. The van der Waals surface area contributed by atoms with Gasteiger partial charge < -0.3 is 9.64 Å². The van der Waals surface area contributed by atoms with Gasteiger partial charge in [0.1, 0.15) is 5.75 Å². The number of carbonyl (C=O) groups is 1. The SMILES string of the molecule is COc1ccccc1-c1nnc(SCC(=O)N2CCCC[C@@H]2C)n1C1CCCCC1. The Balaban J connectivity index is 1.59. The van der Waals surface area contributed by atoms with E-state index < -0.39 is 0 Å². The van der Waals surface area contributed by atoms with Crippen LogP contribution in [0.4, 0.5) is 0 Å². The molecule has 162 valence electrons. The van der Waals surface area contributed by atoms with Crippen LogP contribution in [0, 0.1) is 0 Å². The Hall–Kier alpha value is -2.02. The number of methoxy groups -OCH3 is 1. The molecule has 1 aliphatic heterocycles. The number of likely N-dealkylation sites (tertiary alicyclic amines) is 1. The summed E-state index contributed by atoms with van der Waals surface area (Å²) in [6.07, 6.45) is 9.43. The summed E-state index contributed by atoms with van der Waals surface area (Å²) in [6.45, 7) is 3.04. The lowest BCUT2D eigenvalue weighted by Gasteiger charge is -2.33. The van der Waals surface area contributed by atoms with Gasteiger partial charge in [-0.3, -0.25) is 9.36 Å². The number of nitrogens with zero attached hydrogens (tertiary/aromatic N) is 4. The van der Waals surface area contributed by atoms with Gasteiger partial charge in [-0.15, -0.1) is 10.2 Å². The van der Waals surface area contributed by atoms with Gasteiger partial charge in [0.15, 0.2) is 11.0 Å². The maximum Gasteiger partial charge on any atom is 0.233 e. The van der Waals surface area contributed by atoms with Crippen molar-refractivity contribution in [2.45, 2.75) is 75.5 Å². The first-order valence-electron chi connectivity index (χ1n) is 11.2. The molecule has 1 aliphatic carbocycles. The highest BCUT2D eigenvalue weighted by Gasteiger charge is 2.27. The molecule has 2 aliphatic rings. The third-order valence-corrected chi connectivity index (χ3v) is 7.33. The summed E-state index contributed by atoms with van der Waals surface area (Å²) in [5.41, 5.74) is 0.959. The molecule has 30 heavy (non-hydrogen) atoms. The maximum absolute atomic E-state index is 12.9. The van der Waals surface area contributed by atoms with E-state index in [1.165, 1.54) is 37.4 Å². The number of hydrogen-bond donors (Lipinski definition) is 0. The van der Waals surface area contributed by atoms with Crippen molar-refractivity contribution in [3.8, 4) is 17.1 Å².